The topological polar surface area (TPSA) is 118 Å². The van der Waals surface area contributed by atoms with E-state index >= 15 is 0 Å². The molecule has 0 saturated carbocycles. The van der Waals surface area contributed by atoms with Gasteiger partial charge in [-0.2, -0.15) is 0 Å². The Morgan fingerprint density at radius 1 is 1.40 bits per heavy atom. The van der Waals surface area contributed by atoms with Crippen molar-refractivity contribution >= 4 is 17.5 Å². The Morgan fingerprint density at radius 3 is 2.50 bits per heavy atom. The number of hydrogen-bond donors (Lipinski definition) is 3. The van der Waals surface area contributed by atoms with Crippen LogP contribution < -0.4 is 21.9 Å². The lowest BCUT2D eigenvalue weighted by Crippen LogP contribution is -2.36. The van der Waals surface area contributed by atoms with Crippen LogP contribution in [0.4, 0.5) is 17.5 Å². The van der Waals surface area contributed by atoms with E-state index in [0.29, 0.717) is 0 Å². The number of hydrogen-bond acceptors (Lipinski definition) is 5. The van der Waals surface area contributed by atoms with Gasteiger partial charge in [-0.15, -0.1) is 4.98 Å². The minimum atomic E-state index is -0.202. The number of aromatic nitrogens is 2. The summed E-state index contributed by atoms with van der Waals surface area (Å²) >= 11 is 0. The van der Waals surface area contributed by atoms with Gasteiger partial charge in [-0.3, -0.25) is 0 Å². The lowest BCUT2D eigenvalue weighted by Gasteiger charge is -2.08. The van der Waals surface area contributed by atoms with Gasteiger partial charge in [0.1, 0.15) is 11.9 Å². The summed E-state index contributed by atoms with van der Waals surface area (Å²) in [6.45, 7) is 0. The van der Waals surface area contributed by atoms with Crippen molar-refractivity contribution in [2.24, 2.45) is 0 Å². The molecule has 0 bridgehead atoms. The van der Waals surface area contributed by atoms with Crippen LogP contribution in [0.3, 0.4) is 0 Å². The normalized spacial score (nSPS) is 9.60. The molecule has 0 saturated heterocycles. The third-order valence-corrected chi connectivity index (χ3v) is 1.06. The lowest BCUT2D eigenvalue weighted by atomic mass is 10.5. The van der Waals surface area contributed by atoms with Crippen molar-refractivity contribution in [3.8, 4) is 0 Å². The number of rotatable bonds is 0. The van der Waals surface area contributed by atoms with Crippen LogP contribution in [0.2, 0.25) is 0 Å². The van der Waals surface area contributed by atoms with E-state index in [2.05, 4.69) is 4.98 Å². The zero-order chi connectivity index (χ0) is 7.72. The van der Waals surface area contributed by atoms with Crippen LogP contribution in [-0.4, -0.2) is 4.98 Å². The smallest absolute Gasteiger partial charge is 0.344 e. The van der Waals surface area contributed by atoms with Crippen LogP contribution in [0.15, 0.2) is 6.20 Å². The first kappa shape index (κ1) is 6.40. The van der Waals surface area contributed by atoms with Gasteiger partial charge in [-0.1, -0.05) is 0 Å². The van der Waals surface area contributed by atoms with Crippen LogP contribution >= 0.6 is 0 Å². The highest BCUT2D eigenvalue weighted by atomic mass is 16.5. The van der Waals surface area contributed by atoms with E-state index in [4.69, 9.17) is 17.2 Å². The molecule has 10 heavy (non-hydrogen) atoms. The molecule has 6 heteroatoms. The van der Waals surface area contributed by atoms with Crippen LogP contribution in [-0.2, 0) is 0 Å². The molecule has 0 aliphatic rings. The molecular weight excluding hydrogens is 134 g/mol. The fraction of sp³-hybridized carbons (Fsp3) is 0. The second-order valence-electron chi connectivity index (χ2n) is 1.75. The highest BCUT2D eigenvalue weighted by molar-refractivity contribution is 5.53. The predicted octanol–water partition coefficient (Wildman–Crippen LogP) is -1.54. The van der Waals surface area contributed by atoms with Crippen molar-refractivity contribution in [1.82, 2.24) is 4.98 Å². The van der Waals surface area contributed by atoms with Gasteiger partial charge in [0.05, 0.1) is 0 Å². The molecule has 0 radical (unpaired) electrons. The monoisotopic (exact) mass is 141 g/mol. The Balaban J connectivity index is 3.34. The Bertz CT molecular complexity index is 233. The van der Waals surface area contributed by atoms with Gasteiger partial charge in [0.2, 0.25) is 5.82 Å². The van der Waals surface area contributed by atoms with Crippen molar-refractivity contribution < 1.29 is 4.73 Å². The Kier molecular flexibility index (Phi) is 1.22. The van der Waals surface area contributed by atoms with Crippen molar-refractivity contribution in [1.29, 1.82) is 0 Å². The number of nitrogens with zero attached hydrogens (tertiary/aromatic N) is 2. The number of anilines is 3. The summed E-state index contributed by atoms with van der Waals surface area (Å²) < 4.78 is 0.273. The molecule has 0 fully saturated rings. The molecular formula is C4H7N5O. The van der Waals surface area contributed by atoms with E-state index in [1.807, 2.05) is 0 Å². The molecule has 0 atom stereocenters. The summed E-state index contributed by atoms with van der Waals surface area (Å²) in [6.07, 6.45) is 1.24. The molecule has 0 amide bonds. The highest BCUT2D eigenvalue weighted by Crippen LogP contribution is 2.05. The van der Waals surface area contributed by atoms with E-state index < -0.39 is 0 Å². The molecule has 1 aromatic heterocycles. The molecule has 6 nitrogen and oxygen atoms in total. The first-order valence-electron chi connectivity index (χ1n) is 2.52. The first-order chi connectivity index (χ1) is 4.63. The molecule has 0 unspecified atom stereocenters. The van der Waals surface area contributed by atoms with Crippen molar-refractivity contribution in [3.05, 3.63) is 11.4 Å². The van der Waals surface area contributed by atoms with E-state index in [0.717, 1.165) is 0 Å². The molecule has 0 aliphatic heterocycles. The zero-order valence-electron chi connectivity index (χ0n) is 5.11. The van der Waals surface area contributed by atoms with Gasteiger partial charge in [0, 0.05) is 0 Å². The molecule has 0 aliphatic carbocycles. The van der Waals surface area contributed by atoms with Crippen LogP contribution in [0, 0.1) is 5.21 Å². The third-order valence-electron chi connectivity index (χ3n) is 1.06. The maximum absolute atomic E-state index is 10.7. The molecule has 54 valence electrons. The van der Waals surface area contributed by atoms with Crippen LogP contribution in [0.25, 0.3) is 0 Å². The zero-order valence-corrected chi connectivity index (χ0v) is 5.11. The highest BCUT2D eigenvalue weighted by Gasteiger charge is 2.04. The van der Waals surface area contributed by atoms with Crippen molar-refractivity contribution in [2.45, 2.75) is 0 Å². The second kappa shape index (κ2) is 1.90. The average molecular weight is 141 g/mol. The number of nitrogen functional groups attached to an aromatic ring is 3. The second-order valence-corrected chi connectivity index (χ2v) is 1.75. The Hall–Kier alpha value is -1.72. The van der Waals surface area contributed by atoms with Gasteiger partial charge in [-0.25, -0.2) is 4.73 Å². The third kappa shape index (κ3) is 0.750. The molecule has 0 spiro atoms. The Labute approximate surface area is 56.8 Å². The van der Waals surface area contributed by atoms with Gasteiger partial charge in [0.15, 0.2) is 0 Å². The lowest BCUT2D eigenvalue weighted by molar-refractivity contribution is -0.576. The van der Waals surface area contributed by atoms with E-state index in [1.165, 1.54) is 6.20 Å². The maximum Gasteiger partial charge on any atom is 0.344 e. The predicted molar refractivity (Wildman–Crippen MR) is 36.4 cm³/mol. The fourth-order valence-electron chi connectivity index (χ4n) is 0.495. The summed E-state index contributed by atoms with van der Waals surface area (Å²) in [4.78, 5) is 3.46. The molecule has 1 aromatic rings. The summed E-state index contributed by atoms with van der Waals surface area (Å²) in [7, 11) is 0. The molecule has 0 aromatic carbocycles. The molecule has 6 N–H and O–H groups in total. The summed E-state index contributed by atoms with van der Waals surface area (Å²) in [6, 6.07) is 0. The SMILES string of the molecule is Nc1cnc(N)[n+]([O-])c1N. The van der Waals surface area contributed by atoms with Gasteiger partial charge < -0.3 is 22.4 Å². The first-order valence-corrected chi connectivity index (χ1v) is 2.52. The van der Waals surface area contributed by atoms with Gasteiger partial charge in [-0.05, 0) is 0 Å². The fourth-order valence-corrected chi connectivity index (χ4v) is 0.495. The van der Waals surface area contributed by atoms with E-state index in [9.17, 15) is 5.21 Å². The summed E-state index contributed by atoms with van der Waals surface area (Å²) in [5.41, 5.74) is 15.6. The van der Waals surface area contributed by atoms with Crippen molar-refractivity contribution in [3.63, 3.8) is 0 Å². The largest absolute Gasteiger partial charge is 0.754 e. The standard InChI is InChI=1S/C4H7N5O/c5-2-1-8-4(7)9(10)3(2)6/h1H,5-6H2,(H2,7,8). The van der Waals surface area contributed by atoms with Crippen LogP contribution in [0.5, 0.6) is 0 Å². The molecule has 1 rings (SSSR count). The number of nitrogens with two attached hydrogens (primary N) is 3. The van der Waals surface area contributed by atoms with Gasteiger partial charge >= 0.3 is 5.95 Å². The average Bonchev–Trinajstić information content (AvgIpc) is 1.93. The molecule has 1 heterocycles. The van der Waals surface area contributed by atoms with Crippen molar-refractivity contribution in [2.75, 3.05) is 17.2 Å². The van der Waals surface area contributed by atoms with E-state index in [1.54, 1.807) is 0 Å². The van der Waals surface area contributed by atoms with E-state index in [-0.39, 0.29) is 22.2 Å². The Morgan fingerprint density at radius 2 is 2.00 bits per heavy atom. The van der Waals surface area contributed by atoms with Crippen LogP contribution in [0.1, 0.15) is 0 Å². The summed E-state index contributed by atoms with van der Waals surface area (Å²) in [5.74, 6) is -0.320. The summed E-state index contributed by atoms with van der Waals surface area (Å²) in [5, 5.41) is 10.7. The quantitative estimate of drug-likeness (QED) is 0.299. The minimum absolute atomic E-state index is 0.118. The maximum atomic E-state index is 10.7. The van der Waals surface area contributed by atoms with Gasteiger partial charge in [0.25, 0.3) is 0 Å². The minimum Gasteiger partial charge on any atom is -0.754 e.